The molecule has 2 N–H and O–H groups in total. The summed E-state index contributed by atoms with van der Waals surface area (Å²) in [6.07, 6.45) is 4.51. The predicted molar refractivity (Wildman–Crippen MR) is 109 cm³/mol. The molecule has 0 saturated carbocycles. The van der Waals surface area contributed by atoms with Crippen molar-refractivity contribution in [3.8, 4) is 11.8 Å². The van der Waals surface area contributed by atoms with E-state index in [0.29, 0.717) is 19.3 Å². The highest BCUT2D eigenvalue weighted by atomic mass is 19.3. The largest absolute Gasteiger partial charge is 0.478 e. The molecule has 1 aromatic carbocycles. The van der Waals surface area contributed by atoms with E-state index in [1.54, 1.807) is 12.1 Å². The van der Waals surface area contributed by atoms with Crippen LogP contribution in [0.4, 0.5) is 8.78 Å². The van der Waals surface area contributed by atoms with Crippen molar-refractivity contribution in [2.45, 2.75) is 63.5 Å². The molecule has 0 aliphatic carbocycles. The Kier molecular flexibility index (Phi) is 8.55. The van der Waals surface area contributed by atoms with Crippen LogP contribution < -0.4 is 0 Å². The molecule has 0 unspecified atom stereocenters. The molecule has 1 fully saturated rings. The van der Waals surface area contributed by atoms with Gasteiger partial charge in [0.05, 0.1) is 17.7 Å². The maximum atomic E-state index is 14.0. The molecule has 1 aliphatic rings. The van der Waals surface area contributed by atoms with Gasteiger partial charge in [-0.3, -0.25) is 4.79 Å². The molecule has 1 aromatic rings. The van der Waals surface area contributed by atoms with Crippen molar-refractivity contribution in [3.63, 3.8) is 0 Å². The van der Waals surface area contributed by atoms with Crippen molar-refractivity contribution in [2.75, 3.05) is 6.54 Å². The standard InChI is InChI=1S/C23H27F2NO4/c1-2-3-4-5-6-7-20(27)13-12-19-16-23(24,25)22(30)26(19)15-14-17-8-10-18(11-9-17)21(28)29/h8-13,19-20,27H,2-3,6-7,14-16H2,1H3,(H,28,29)/t19-,20-/m0/s1. The number of aliphatic hydroxyl groups excluding tert-OH is 1. The highest BCUT2D eigenvalue weighted by molar-refractivity contribution is 5.87. The summed E-state index contributed by atoms with van der Waals surface area (Å²) < 4.78 is 28.0. The fourth-order valence-electron chi connectivity index (χ4n) is 3.20. The zero-order valence-electron chi connectivity index (χ0n) is 17.0. The Morgan fingerprint density at radius 2 is 1.97 bits per heavy atom. The molecular weight excluding hydrogens is 392 g/mol. The van der Waals surface area contributed by atoms with Gasteiger partial charge in [0.15, 0.2) is 0 Å². The maximum absolute atomic E-state index is 14.0. The van der Waals surface area contributed by atoms with E-state index in [4.69, 9.17) is 5.11 Å². The number of aliphatic hydroxyl groups is 1. The van der Waals surface area contributed by atoms with Crippen molar-refractivity contribution in [3.05, 3.63) is 47.5 Å². The van der Waals surface area contributed by atoms with E-state index in [1.807, 2.05) is 6.92 Å². The van der Waals surface area contributed by atoms with E-state index < -0.39 is 36.4 Å². The molecular formula is C23H27F2NO4. The van der Waals surface area contributed by atoms with Gasteiger partial charge in [0.2, 0.25) is 0 Å². The van der Waals surface area contributed by atoms with Gasteiger partial charge in [0, 0.05) is 25.8 Å². The Labute approximate surface area is 175 Å². The number of aromatic carboxylic acids is 1. The average molecular weight is 419 g/mol. The number of likely N-dealkylation sites (tertiary alicyclic amines) is 1. The number of carboxylic acid groups (broad SMARTS) is 1. The summed E-state index contributed by atoms with van der Waals surface area (Å²) in [6, 6.07) is 5.29. The Morgan fingerprint density at radius 1 is 1.30 bits per heavy atom. The van der Waals surface area contributed by atoms with Crippen LogP contribution in [-0.2, 0) is 11.2 Å². The van der Waals surface area contributed by atoms with Crippen LogP contribution in [0.25, 0.3) is 0 Å². The molecule has 5 nitrogen and oxygen atoms in total. The van der Waals surface area contributed by atoms with Crippen LogP contribution in [0.15, 0.2) is 36.4 Å². The Hall–Kier alpha value is -2.72. The summed E-state index contributed by atoms with van der Waals surface area (Å²) in [5.74, 6) is 0.242. The van der Waals surface area contributed by atoms with Gasteiger partial charge in [-0.15, -0.1) is 11.8 Å². The maximum Gasteiger partial charge on any atom is 0.335 e. The number of alkyl halides is 2. The number of rotatable bonds is 9. The first-order valence-corrected chi connectivity index (χ1v) is 10.1. The van der Waals surface area contributed by atoms with Crippen LogP contribution in [0.3, 0.4) is 0 Å². The molecule has 2 atom stereocenters. The number of amides is 1. The molecule has 1 saturated heterocycles. The third kappa shape index (κ3) is 6.67. The van der Waals surface area contributed by atoms with Crippen LogP contribution in [0, 0.1) is 11.8 Å². The molecule has 0 spiro atoms. The smallest absolute Gasteiger partial charge is 0.335 e. The summed E-state index contributed by atoms with van der Waals surface area (Å²) in [4.78, 5) is 24.1. The Bertz CT molecular complexity index is 824. The van der Waals surface area contributed by atoms with Gasteiger partial charge < -0.3 is 15.1 Å². The van der Waals surface area contributed by atoms with E-state index >= 15 is 0 Å². The highest BCUT2D eigenvalue weighted by Crippen LogP contribution is 2.34. The van der Waals surface area contributed by atoms with E-state index in [9.17, 15) is 23.5 Å². The number of unbranched alkanes of at least 4 members (excludes halogenated alkanes) is 1. The summed E-state index contributed by atoms with van der Waals surface area (Å²) in [7, 11) is 0. The van der Waals surface area contributed by atoms with Crippen molar-refractivity contribution < 1.29 is 28.6 Å². The van der Waals surface area contributed by atoms with Crippen molar-refractivity contribution in [2.24, 2.45) is 0 Å². The molecule has 1 amide bonds. The van der Waals surface area contributed by atoms with Crippen LogP contribution in [-0.4, -0.2) is 51.6 Å². The number of halogens is 2. The number of hydrogen-bond donors (Lipinski definition) is 2. The number of carbonyl (C=O) groups is 2. The fourth-order valence-corrected chi connectivity index (χ4v) is 3.20. The molecule has 1 heterocycles. The second kappa shape index (κ2) is 10.9. The van der Waals surface area contributed by atoms with Crippen molar-refractivity contribution in [1.82, 2.24) is 4.90 Å². The lowest BCUT2D eigenvalue weighted by Gasteiger charge is -2.22. The van der Waals surface area contributed by atoms with Gasteiger partial charge in [-0.05, 0) is 37.0 Å². The van der Waals surface area contributed by atoms with Crippen molar-refractivity contribution in [1.29, 1.82) is 0 Å². The predicted octanol–water partition coefficient (Wildman–Crippen LogP) is 3.66. The van der Waals surface area contributed by atoms with Gasteiger partial charge in [-0.1, -0.05) is 31.2 Å². The first-order chi connectivity index (χ1) is 14.2. The zero-order chi connectivity index (χ0) is 22.1. The summed E-state index contributed by atoms with van der Waals surface area (Å²) in [5.41, 5.74) is 0.883. The first-order valence-electron chi connectivity index (χ1n) is 10.1. The molecule has 30 heavy (non-hydrogen) atoms. The first kappa shape index (κ1) is 23.6. The Balaban J connectivity index is 1.97. The molecule has 2 rings (SSSR count). The summed E-state index contributed by atoms with van der Waals surface area (Å²) in [5, 5.41) is 19.0. The van der Waals surface area contributed by atoms with E-state index in [0.717, 1.165) is 23.3 Å². The minimum Gasteiger partial charge on any atom is -0.478 e. The number of carboxylic acids is 1. The summed E-state index contributed by atoms with van der Waals surface area (Å²) in [6.45, 7) is 2.11. The second-order valence-corrected chi connectivity index (χ2v) is 7.32. The van der Waals surface area contributed by atoms with E-state index in [1.165, 1.54) is 24.3 Å². The lowest BCUT2D eigenvalue weighted by molar-refractivity contribution is -0.148. The molecule has 0 bridgehead atoms. The number of benzene rings is 1. The monoisotopic (exact) mass is 419 g/mol. The minimum absolute atomic E-state index is 0.0778. The number of carbonyl (C=O) groups excluding carboxylic acids is 1. The normalized spacial score (nSPS) is 19.0. The van der Waals surface area contributed by atoms with E-state index in [2.05, 4.69) is 11.8 Å². The third-order valence-electron chi connectivity index (χ3n) is 4.90. The van der Waals surface area contributed by atoms with Gasteiger partial charge in [0.1, 0.15) is 0 Å². The topological polar surface area (TPSA) is 77.8 Å². The molecule has 162 valence electrons. The quantitative estimate of drug-likeness (QED) is 0.473. The molecule has 7 heteroatoms. The van der Waals surface area contributed by atoms with E-state index in [-0.39, 0.29) is 12.1 Å². The Morgan fingerprint density at radius 3 is 2.60 bits per heavy atom. The molecule has 0 radical (unpaired) electrons. The SMILES string of the molecule is CCCC#CCC[C@H](O)C=C[C@H]1CC(F)(F)C(=O)N1CCc1ccc(C(=O)O)cc1. The van der Waals surface area contributed by atoms with Gasteiger partial charge in [0.25, 0.3) is 5.91 Å². The van der Waals surface area contributed by atoms with Crippen molar-refractivity contribution >= 4 is 11.9 Å². The second-order valence-electron chi connectivity index (χ2n) is 7.32. The number of nitrogens with zero attached hydrogens (tertiary/aromatic N) is 1. The lowest BCUT2D eigenvalue weighted by Crippen LogP contribution is -2.37. The van der Waals surface area contributed by atoms with Gasteiger partial charge in [-0.2, -0.15) is 8.78 Å². The van der Waals surface area contributed by atoms with Gasteiger partial charge >= 0.3 is 11.9 Å². The van der Waals surface area contributed by atoms with Crippen LogP contribution >= 0.6 is 0 Å². The van der Waals surface area contributed by atoms with Gasteiger partial charge in [-0.25, -0.2) is 4.79 Å². The fraction of sp³-hybridized carbons (Fsp3) is 0.478. The average Bonchev–Trinajstić information content (AvgIpc) is 2.93. The van der Waals surface area contributed by atoms with Crippen LogP contribution in [0.1, 0.15) is 54.9 Å². The third-order valence-corrected chi connectivity index (χ3v) is 4.90. The summed E-state index contributed by atoms with van der Waals surface area (Å²) >= 11 is 0. The highest BCUT2D eigenvalue weighted by Gasteiger charge is 2.52. The zero-order valence-corrected chi connectivity index (χ0v) is 17.0. The van der Waals surface area contributed by atoms with Crippen LogP contribution in [0.2, 0.25) is 0 Å². The number of hydrogen-bond acceptors (Lipinski definition) is 3. The lowest BCUT2D eigenvalue weighted by atomic mass is 10.1. The molecule has 1 aliphatic heterocycles. The van der Waals surface area contributed by atoms with Crippen LogP contribution in [0.5, 0.6) is 0 Å². The minimum atomic E-state index is -3.43. The molecule has 0 aromatic heterocycles.